The van der Waals surface area contributed by atoms with Crippen molar-refractivity contribution < 1.29 is 4.79 Å². The molecule has 1 heterocycles. The van der Waals surface area contributed by atoms with E-state index in [0.717, 1.165) is 16.6 Å². The van der Waals surface area contributed by atoms with E-state index in [1.54, 1.807) is 0 Å². The van der Waals surface area contributed by atoms with Crippen molar-refractivity contribution in [2.24, 2.45) is 7.05 Å². The highest BCUT2D eigenvalue weighted by Gasteiger charge is 2.29. The lowest BCUT2D eigenvalue weighted by molar-refractivity contribution is 0.0930. The minimum Gasteiger partial charge on any atom is -0.347 e. The van der Waals surface area contributed by atoms with E-state index in [-0.39, 0.29) is 5.91 Å². The second kappa shape index (κ2) is 6.15. The Morgan fingerprint density at radius 1 is 1.61 bits per heavy atom. The molecule has 2 unspecified atom stereocenters. The summed E-state index contributed by atoms with van der Waals surface area (Å²) in [6.45, 7) is 2.18. The summed E-state index contributed by atoms with van der Waals surface area (Å²) in [4.78, 5) is 12.2. The van der Waals surface area contributed by atoms with E-state index in [0.29, 0.717) is 17.0 Å². The first kappa shape index (κ1) is 14.0. The van der Waals surface area contributed by atoms with Gasteiger partial charge in [-0.05, 0) is 40.6 Å². The summed E-state index contributed by atoms with van der Waals surface area (Å²) in [6, 6.07) is 2.20. The van der Waals surface area contributed by atoms with Crippen LogP contribution in [0.2, 0.25) is 0 Å². The van der Waals surface area contributed by atoms with Crippen LogP contribution in [0, 0.1) is 0 Å². The number of amides is 1. The zero-order valence-electron chi connectivity index (χ0n) is 10.8. The smallest absolute Gasteiger partial charge is 0.268 e. The van der Waals surface area contributed by atoms with Gasteiger partial charge in [0, 0.05) is 29.0 Å². The number of rotatable bonds is 4. The number of nitrogens with one attached hydrogen (secondary N) is 1. The highest BCUT2D eigenvalue weighted by Crippen LogP contribution is 2.30. The second-order valence-corrected chi connectivity index (χ2v) is 7.09. The summed E-state index contributed by atoms with van der Waals surface area (Å²) in [5.74, 6) is 1.16. The van der Waals surface area contributed by atoms with Crippen molar-refractivity contribution in [1.82, 2.24) is 9.88 Å². The summed E-state index contributed by atoms with van der Waals surface area (Å²) in [5.41, 5.74) is 0.717. The highest BCUT2D eigenvalue weighted by atomic mass is 79.9. The van der Waals surface area contributed by atoms with Crippen LogP contribution < -0.4 is 5.32 Å². The first-order valence-electron chi connectivity index (χ1n) is 6.36. The standard InChI is InChI=1S/C13H19BrN2OS/c1-3-18-12-6-4-5-10(12)15-13(17)11-7-9(14)8-16(11)2/h7-8,10,12H,3-6H2,1-2H3,(H,15,17). The molecular formula is C13H19BrN2OS. The molecule has 0 aromatic carbocycles. The van der Waals surface area contributed by atoms with Crippen LogP contribution in [0.3, 0.4) is 0 Å². The zero-order valence-corrected chi connectivity index (χ0v) is 13.2. The van der Waals surface area contributed by atoms with Crippen molar-refractivity contribution in [2.45, 2.75) is 37.5 Å². The molecule has 100 valence electrons. The van der Waals surface area contributed by atoms with Crippen molar-refractivity contribution in [1.29, 1.82) is 0 Å². The Labute approximate surface area is 121 Å². The van der Waals surface area contributed by atoms with Gasteiger partial charge in [0.05, 0.1) is 0 Å². The first-order valence-corrected chi connectivity index (χ1v) is 8.20. The number of aryl methyl sites for hydroxylation is 1. The monoisotopic (exact) mass is 330 g/mol. The van der Waals surface area contributed by atoms with Gasteiger partial charge < -0.3 is 9.88 Å². The van der Waals surface area contributed by atoms with Crippen molar-refractivity contribution in [3.8, 4) is 0 Å². The third-order valence-electron chi connectivity index (χ3n) is 3.35. The van der Waals surface area contributed by atoms with Gasteiger partial charge in [0.1, 0.15) is 5.69 Å². The Hall–Kier alpha value is -0.420. The highest BCUT2D eigenvalue weighted by molar-refractivity contribution is 9.10. The zero-order chi connectivity index (χ0) is 13.1. The molecule has 1 fully saturated rings. The molecule has 1 aliphatic rings. The number of carbonyl (C=O) groups is 1. The predicted molar refractivity (Wildman–Crippen MR) is 80.1 cm³/mol. The molecule has 1 aromatic heterocycles. The number of aromatic nitrogens is 1. The Balaban J connectivity index is 2.00. The van der Waals surface area contributed by atoms with Gasteiger partial charge in [-0.25, -0.2) is 0 Å². The summed E-state index contributed by atoms with van der Waals surface area (Å²) >= 11 is 5.36. The molecule has 5 heteroatoms. The molecular weight excluding hydrogens is 312 g/mol. The van der Waals surface area contributed by atoms with Crippen molar-refractivity contribution in [2.75, 3.05) is 5.75 Å². The second-order valence-electron chi connectivity index (χ2n) is 4.66. The SMILES string of the molecule is CCSC1CCCC1NC(=O)c1cc(Br)cn1C. The maximum absolute atomic E-state index is 12.2. The summed E-state index contributed by atoms with van der Waals surface area (Å²) in [7, 11) is 1.90. The van der Waals surface area contributed by atoms with Crippen LogP contribution in [0.4, 0.5) is 0 Å². The van der Waals surface area contributed by atoms with E-state index in [4.69, 9.17) is 0 Å². The van der Waals surface area contributed by atoms with E-state index >= 15 is 0 Å². The molecule has 1 N–H and O–H groups in total. The Kier molecular flexibility index (Phi) is 4.78. The van der Waals surface area contributed by atoms with Gasteiger partial charge in [0.2, 0.25) is 0 Å². The Morgan fingerprint density at radius 2 is 2.39 bits per heavy atom. The molecule has 1 saturated carbocycles. The van der Waals surface area contributed by atoms with Crippen LogP contribution in [0.15, 0.2) is 16.7 Å². The largest absolute Gasteiger partial charge is 0.347 e. The summed E-state index contributed by atoms with van der Waals surface area (Å²) in [6.07, 6.45) is 5.45. The van der Waals surface area contributed by atoms with Crippen LogP contribution in [0.1, 0.15) is 36.7 Å². The Morgan fingerprint density at radius 3 is 3.00 bits per heavy atom. The third kappa shape index (κ3) is 3.12. The molecule has 0 aliphatic heterocycles. The molecule has 18 heavy (non-hydrogen) atoms. The molecule has 3 nitrogen and oxygen atoms in total. The third-order valence-corrected chi connectivity index (χ3v) is 5.11. The molecule has 2 atom stereocenters. The quantitative estimate of drug-likeness (QED) is 0.919. The molecule has 0 radical (unpaired) electrons. The van der Waals surface area contributed by atoms with Gasteiger partial charge in [-0.1, -0.05) is 13.3 Å². The minimum atomic E-state index is 0.0387. The van der Waals surface area contributed by atoms with Gasteiger partial charge in [0.25, 0.3) is 5.91 Å². The lowest BCUT2D eigenvalue weighted by atomic mass is 10.2. The van der Waals surface area contributed by atoms with Gasteiger partial charge in [-0.3, -0.25) is 4.79 Å². The number of nitrogens with zero attached hydrogens (tertiary/aromatic N) is 1. The average Bonchev–Trinajstić information content (AvgIpc) is 2.87. The number of halogens is 1. The van der Waals surface area contributed by atoms with Crippen LogP contribution in [0.5, 0.6) is 0 Å². The van der Waals surface area contributed by atoms with Gasteiger partial charge >= 0.3 is 0 Å². The van der Waals surface area contributed by atoms with Crippen LogP contribution in [-0.2, 0) is 7.05 Å². The Bertz CT molecular complexity index is 433. The fourth-order valence-corrected chi connectivity index (χ4v) is 4.22. The van der Waals surface area contributed by atoms with Crippen LogP contribution in [-0.4, -0.2) is 27.5 Å². The number of hydrogen-bond donors (Lipinski definition) is 1. The maximum atomic E-state index is 12.2. The molecule has 0 bridgehead atoms. The number of carbonyl (C=O) groups excluding carboxylic acids is 1. The molecule has 2 rings (SSSR count). The normalized spacial score (nSPS) is 23.3. The summed E-state index contributed by atoms with van der Waals surface area (Å²) in [5, 5.41) is 3.77. The van der Waals surface area contributed by atoms with Crippen LogP contribution >= 0.6 is 27.7 Å². The van der Waals surface area contributed by atoms with Gasteiger partial charge in [-0.15, -0.1) is 0 Å². The first-order chi connectivity index (χ1) is 8.61. The van der Waals surface area contributed by atoms with E-state index < -0.39 is 0 Å². The molecule has 0 spiro atoms. The summed E-state index contributed by atoms with van der Waals surface area (Å²) < 4.78 is 2.80. The number of hydrogen-bond acceptors (Lipinski definition) is 2. The van der Waals surface area contributed by atoms with Crippen molar-refractivity contribution >= 4 is 33.6 Å². The van der Waals surface area contributed by atoms with Crippen molar-refractivity contribution in [3.63, 3.8) is 0 Å². The number of thioether (sulfide) groups is 1. The molecule has 1 aromatic rings. The van der Waals surface area contributed by atoms with Gasteiger partial charge in [-0.2, -0.15) is 11.8 Å². The maximum Gasteiger partial charge on any atom is 0.268 e. The lowest BCUT2D eigenvalue weighted by Gasteiger charge is -2.20. The van der Waals surface area contributed by atoms with E-state index in [1.807, 2.05) is 35.6 Å². The van der Waals surface area contributed by atoms with Crippen molar-refractivity contribution in [3.05, 3.63) is 22.4 Å². The van der Waals surface area contributed by atoms with Crippen LogP contribution in [0.25, 0.3) is 0 Å². The molecule has 1 amide bonds. The van der Waals surface area contributed by atoms with E-state index in [9.17, 15) is 4.79 Å². The van der Waals surface area contributed by atoms with Gasteiger partial charge in [0.15, 0.2) is 0 Å². The van der Waals surface area contributed by atoms with E-state index in [2.05, 4.69) is 28.2 Å². The fraction of sp³-hybridized carbons (Fsp3) is 0.615. The fourth-order valence-electron chi connectivity index (χ4n) is 2.50. The van der Waals surface area contributed by atoms with E-state index in [1.165, 1.54) is 12.8 Å². The predicted octanol–water partition coefficient (Wildman–Crippen LogP) is 3.19. The molecule has 0 saturated heterocycles. The minimum absolute atomic E-state index is 0.0387. The lowest BCUT2D eigenvalue weighted by Crippen LogP contribution is -2.39. The average molecular weight is 331 g/mol. The molecule has 1 aliphatic carbocycles. The topological polar surface area (TPSA) is 34.0 Å².